The molecule has 0 bridgehead atoms. The molecular weight excluding hydrogens is 392 g/mol. The molecule has 1 saturated carbocycles. The number of ether oxygens (including phenoxy) is 1. The van der Waals surface area contributed by atoms with E-state index in [-0.39, 0.29) is 17.4 Å². The molecule has 1 saturated heterocycles. The molecule has 4 rings (SSSR count). The summed E-state index contributed by atoms with van der Waals surface area (Å²) < 4.78 is 5.45. The van der Waals surface area contributed by atoms with Gasteiger partial charge < -0.3 is 15.0 Å². The molecule has 1 N–H and O–H groups in total. The van der Waals surface area contributed by atoms with Crippen molar-refractivity contribution < 1.29 is 14.3 Å². The molecule has 1 aromatic carbocycles. The van der Waals surface area contributed by atoms with Gasteiger partial charge >= 0.3 is 6.09 Å². The second-order valence-electron chi connectivity index (χ2n) is 9.98. The number of hydrogen-bond donors (Lipinski definition) is 1. The molecule has 31 heavy (non-hydrogen) atoms. The van der Waals surface area contributed by atoms with Crippen LogP contribution in [0.4, 0.5) is 10.5 Å². The molecule has 1 spiro atoms. The van der Waals surface area contributed by atoms with Crippen molar-refractivity contribution in [3.63, 3.8) is 0 Å². The SMILES string of the molecule is CC(=O)Nc1ccc(-c2ccc(CC3CC4(C3)CN(C(=O)OC(C)(C)C)C4)nn2)cc1. The van der Waals surface area contributed by atoms with E-state index in [4.69, 9.17) is 4.74 Å². The Morgan fingerprint density at radius 1 is 1.10 bits per heavy atom. The van der Waals surface area contributed by atoms with Crippen LogP contribution < -0.4 is 5.32 Å². The molecule has 1 aliphatic carbocycles. The van der Waals surface area contributed by atoms with E-state index in [1.54, 1.807) is 0 Å². The second kappa shape index (κ2) is 7.94. The number of aromatic nitrogens is 2. The van der Waals surface area contributed by atoms with E-state index in [1.807, 2.05) is 62.1 Å². The zero-order chi connectivity index (χ0) is 22.2. The second-order valence-corrected chi connectivity index (χ2v) is 9.98. The van der Waals surface area contributed by atoms with Crippen LogP contribution >= 0.6 is 0 Å². The lowest BCUT2D eigenvalue weighted by Crippen LogP contribution is -2.64. The average molecular weight is 423 g/mol. The maximum atomic E-state index is 12.1. The number of amides is 2. The van der Waals surface area contributed by atoms with Crippen molar-refractivity contribution >= 4 is 17.7 Å². The summed E-state index contributed by atoms with van der Waals surface area (Å²) in [6.45, 7) is 8.78. The van der Waals surface area contributed by atoms with Gasteiger partial charge in [-0.1, -0.05) is 12.1 Å². The van der Waals surface area contributed by atoms with Crippen LogP contribution in [-0.4, -0.2) is 45.8 Å². The minimum Gasteiger partial charge on any atom is -0.444 e. The first kappa shape index (κ1) is 21.3. The zero-order valence-electron chi connectivity index (χ0n) is 18.6. The largest absolute Gasteiger partial charge is 0.444 e. The summed E-state index contributed by atoms with van der Waals surface area (Å²) in [5.41, 5.74) is 3.38. The highest BCUT2D eigenvalue weighted by Gasteiger charge is 2.54. The van der Waals surface area contributed by atoms with Gasteiger partial charge in [0, 0.05) is 36.7 Å². The van der Waals surface area contributed by atoms with Crippen LogP contribution in [-0.2, 0) is 16.0 Å². The first-order valence-electron chi connectivity index (χ1n) is 10.8. The van der Waals surface area contributed by atoms with Crippen molar-refractivity contribution in [3.05, 3.63) is 42.1 Å². The van der Waals surface area contributed by atoms with Gasteiger partial charge in [0.15, 0.2) is 0 Å². The molecule has 2 heterocycles. The lowest BCUT2D eigenvalue weighted by Gasteiger charge is -2.58. The van der Waals surface area contributed by atoms with Crippen LogP contribution in [0.2, 0.25) is 0 Å². The van der Waals surface area contributed by atoms with E-state index in [0.717, 1.165) is 55.0 Å². The maximum absolute atomic E-state index is 12.1. The fourth-order valence-corrected chi connectivity index (χ4v) is 4.63. The van der Waals surface area contributed by atoms with Gasteiger partial charge in [-0.2, -0.15) is 10.2 Å². The Kier molecular flexibility index (Phi) is 5.45. The summed E-state index contributed by atoms with van der Waals surface area (Å²) in [5.74, 6) is 0.506. The highest BCUT2D eigenvalue weighted by molar-refractivity contribution is 5.88. The van der Waals surface area contributed by atoms with E-state index in [2.05, 4.69) is 15.5 Å². The van der Waals surface area contributed by atoms with Crippen LogP contribution in [0.15, 0.2) is 36.4 Å². The molecule has 2 aliphatic rings. The van der Waals surface area contributed by atoms with E-state index < -0.39 is 5.60 Å². The highest BCUT2D eigenvalue weighted by atomic mass is 16.6. The van der Waals surface area contributed by atoms with E-state index in [9.17, 15) is 9.59 Å². The van der Waals surface area contributed by atoms with E-state index in [0.29, 0.717) is 5.92 Å². The fourth-order valence-electron chi connectivity index (χ4n) is 4.63. The number of carbonyl (C=O) groups is 2. The normalized spacial score (nSPS) is 17.6. The van der Waals surface area contributed by atoms with Crippen molar-refractivity contribution in [1.29, 1.82) is 0 Å². The molecule has 0 radical (unpaired) electrons. The number of anilines is 1. The van der Waals surface area contributed by atoms with E-state index in [1.165, 1.54) is 6.92 Å². The molecule has 2 amide bonds. The van der Waals surface area contributed by atoms with Crippen LogP contribution in [0.5, 0.6) is 0 Å². The number of nitrogens with zero attached hydrogens (tertiary/aromatic N) is 3. The molecule has 7 nitrogen and oxygen atoms in total. The maximum Gasteiger partial charge on any atom is 0.410 e. The Balaban J connectivity index is 1.25. The Bertz CT molecular complexity index is 950. The number of nitrogens with one attached hydrogen (secondary N) is 1. The highest BCUT2D eigenvalue weighted by Crippen LogP contribution is 2.53. The average Bonchev–Trinajstić information content (AvgIpc) is 2.62. The summed E-state index contributed by atoms with van der Waals surface area (Å²) in [6.07, 6.45) is 2.97. The standard InChI is InChI=1S/C24H30N4O3/c1-16(29)25-19-7-5-18(6-8-19)21-10-9-20(26-27-21)11-17-12-24(13-17)14-28(15-24)22(30)31-23(2,3)4/h5-10,17H,11-15H2,1-4H3,(H,25,29). The number of carbonyl (C=O) groups excluding carboxylic acids is 2. The molecular formula is C24H30N4O3. The molecule has 2 fully saturated rings. The smallest absolute Gasteiger partial charge is 0.410 e. The van der Waals surface area contributed by atoms with Gasteiger partial charge in [0.1, 0.15) is 5.60 Å². The Hall–Kier alpha value is -2.96. The lowest BCUT2D eigenvalue weighted by molar-refractivity contribution is -0.114. The van der Waals surface area contributed by atoms with Crippen LogP contribution in [0.3, 0.4) is 0 Å². The first-order chi connectivity index (χ1) is 14.6. The zero-order valence-corrected chi connectivity index (χ0v) is 18.6. The van der Waals surface area contributed by atoms with Gasteiger partial charge in [-0.05, 0) is 70.2 Å². The van der Waals surface area contributed by atoms with Crippen molar-refractivity contribution in [3.8, 4) is 11.3 Å². The molecule has 1 aromatic heterocycles. The molecule has 1 aliphatic heterocycles. The third kappa shape index (κ3) is 5.03. The van der Waals surface area contributed by atoms with Gasteiger partial charge in [-0.25, -0.2) is 4.79 Å². The topological polar surface area (TPSA) is 84.4 Å². The Morgan fingerprint density at radius 2 is 1.77 bits per heavy atom. The summed E-state index contributed by atoms with van der Waals surface area (Å²) in [6, 6.07) is 11.6. The summed E-state index contributed by atoms with van der Waals surface area (Å²) in [7, 11) is 0. The molecule has 0 unspecified atom stereocenters. The fraction of sp³-hybridized carbons (Fsp3) is 0.500. The molecule has 164 valence electrons. The quantitative estimate of drug-likeness (QED) is 0.794. The van der Waals surface area contributed by atoms with E-state index >= 15 is 0 Å². The predicted octanol–water partition coefficient (Wildman–Crippen LogP) is 4.29. The van der Waals surface area contributed by atoms with Gasteiger partial charge in [0.25, 0.3) is 0 Å². The summed E-state index contributed by atoms with van der Waals surface area (Å²) >= 11 is 0. The lowest BCUT2D eigenvalue weighted by atomic mass is 9.57. The number of rotatable bonds is 4. The third-order valence-corrected chi connectivity index (χ3v) is 5.87. The summed E-state index contributed by atoms with van der Waals surface area (Å²) in [5, 5.41) is 11.6. The van der Waals surface area contributed by atoms with Crippen molar-refractivity contribution in [1.82, 2.24) is 15.1 Å². The predicted molar refractivity (Wildman–Crippen MR) is 118 cm³/mol. The molecule has 0 atom stereocenters. The van der Waals surface area contributed by atoms with Crippen LogP contribution in [0.25, 0.3) is 11.3 Å². The Labute approximate surface area is 183 Å². The Morgan fingerprint density at radius 3 is 2.32 bits per heavy atom. The van der Waals surface area contributed by atoms with Gasteiger partial charge in [-0.15, -0.1) is 0 Å². The summed E-state index contributed by atoms with van der Waals surface area (Å²) in [4.78, 5) is 25.1. The number of benzene rings is 1. The van der Waals surface area contributed by atoms with Crippen molar-refractivity contribution in [2.75, 3.05) is 18.4 Å². The number of hydrogen-bond acceptors (Lipinski definition) is 5. The number of likely N-dealkylation sites (tertiary alicyclic amines) is 1. The van der Waals surface area contributed by atoms with Crippen molar-refractivity contribution in [2.45, 2.75) is 52.6 Å². The van der Waals surface area contributed by atoms with Gasteiger partial charge in [-0.3, -0.25) is 4.79 Å². The molecule has 2 aromatic rings. The van der Waals surface area contributed by atoms with Gasteiger partial charge in [0.05, 0.1) is 11.4 Å². The van der Waals surface area contributed by atoms with Crippen LogP contribution in [0.1, 0.15) is 46.2 Å². The minimum absolute atomic E-state index is 0.0888. The third-order valence-electron chi connectivity index (χ3n) is 5.87. The monoisotopic (exact) mass is 422 g/mol. The first-order valence-corrected chi connectivity index (χ1v) is 10.8. The minimum atomic E-state index is -0.444. The van der Waals surface area contributed by atoms with Crippen LogP contribution in [0, 0.1) is 11.3 Å². The van der Waals surface area contributed by atoms with Crippen molar-refractivity contribution in [2.24, 2.45) is 11.3 Å². The molecule has 7 heteroatoms. The van der Waals surface area contributed by atoms with Gasteiger partial charge in [0.2, 0.25) is 5.91 Å².